The summed E-state index contributed by atoms with van der Waals surface area (Å²) in [6, 6.07) is 3.32. The molecule has 5 heteroatoms. The number of carbonyl (C=O) groups is 1. The second-order valence-electron chi connectivity index (χ2n) is 4.87. The topological polar surface area (TPSA) is 37.3 Å². The van der Waals surface area contributed by atoms with Crippen molar-refractivity contribution in [2.24, 2.45) is 0 Å². The Morgan fingerprint density at radius 1 is 1.25 bits per heavy atom. The Kier molecular flexibility index (Phi) is 6.40. The Morgan fingerprint density at radius 2 is 1.90 bits per heavy atom. The SMILES string of the molecule is CCCCCCCC(F)(F)c1ccc(C(=O)O)c(Cl)c1. The maximum absolute atomic E-state index is 14.0. The van der Waals surface area contributed by atoms with Gasteiger partial charge in [-0.3, -0.25) is 0 Å². The zero-order valence-electron chi connectivity index (χ0n) is 11.5. The molecule has 1 aromatic carbocycles. The molecule has 112 valence electrons. The van der Waals surface area contributed by atoms with E-state index in [2.05, 4.69) is 6.92 Å². The van der Waals surface area contributed by atoms with Crippen LogP contribution in [-0.4, -0.2) is 11.1 Å². The van der Waals surface area contributed by atoms with Crippen LogP contribution in [0.3, 0.4) is 0 Å². The van der Waals surface area contributed by atoms with Crippen LogP contribution in [0.1, 0.15) is 61.4 Å². The third kappa shape index (κ3) is 4.75. The average Bonchev–Trinajstić information content (AvgIpc) is 2.37. The highest BCUT2D eigenvalue weighted by Crippen LogP contribution is 2.35. The van der Waals surface area contributed by atoms with Gasteiger partial charge in [0, 0.05) is 12.0 Å². The van der Waals surface area contributed by atoms with E-state index in [9.17, 15) is 13.6 Å². The lowest BCUT2D eigenvalue weighted by molar-refractivity contribution is -0.0158. The van der Waals surface area contributed by atoms with E-state index < -0.39 is 11.9 Å². The molecule has 0 fully saturated rings. The molecule has 0 aliphatic carbocycles. The number of rotatable bonds is 8. The van der Waals surface area contributed by atoms with E-state index in [1.165, 1.54) is 0 Å². The van der Waals surface area contributed by atoms with Crippen molar-refractivity contribution in [2.75, 3.05) is 0 Å². The first-order chi connectivity index (χ1) is 9.38. The number of hydrogen-bond acceptors (Lipinski definition) is 1. The lowest BCUT2D eigenvalue weighted by atomic mass is 10.00. The lowest BCUT2D eigenvalue weighted by Gasteiger charge is -2.17. The first-order valence-corrected chi connectivity index (χ1v) is 7.17. The van der Waals surface area contributed by atoms with Gasteiger partial charge in [-0.15, -0.1) is 0 Å². The third-order valence-corrected chi connectivity index (χ3v) is 3.53. The Morgan fingerprint density at radius 3 is 2.45 bits per heavy atom. The first-order valence-electron chi connectivity index (χ1n) is 6.79. The van der Waals surface area contributed by atoms with Gasteiger partial charge in [0.05, 0.1) is 10.6 Å². The van der Waals surface area contributed by atoms with Gasteiger partial charge in [-0.1, -0.05) is 50.3 Å². The molecular formula is C15H19ClF2O2. The number of aromatic carboxylic acids is 1. The van der Waals surface area contributed by atoms with Crippen LogP contribution in [0.2, 0.25) is 5.02 Å². The number of benzene rings is 1. The molecule has 0 aromatic heterocycles. The third-order valence-electron chi connectivity index (χ3n) is 3.22. The highest BCUT2D eigenvalue weighted by atomic mass is 35.5. The smallest absolute Gasteiger partial charge is 0.337 e. The summed E-state index contributed by atoms with van der Waals surface area (Å²) in [4.78, 5) is 10.8. The predicted octanol–water partition coefficient (Wildman–Crippen LogP) is 5.49. The van der Waals surface area contributed by atoms with Gasteiger partial charge in [-0.2, -0.15) is 0 Å². The molecule has 0 atom stereocenters. The number of carboxylic acid groups (broad SMARTS) is 1. The number of hydrogen-bond donors (Lipinski definition) is 1. The maximum atomic E-state index is 14.0. The summed E-state index contributed by atoms with van der Waals surface area (Å²) in [5.74, 6) is -4.18. The summed E-state index contributed by atoms with van der Waals surface area (Å²) >= 11 is 5.72. The van der Waals surface area contributed by atoms with Gasteiger partial charge in [0.1, 0.15) is 0 Å². The summed E-state index contributed by atoms with van der Waals surface area (Å²) in [6.07, 6.45) is 4.09. The second kappa shape index (κ2) is 7.58. The fraction of sp³-hybridized carbons (Fsp3) is 0.533. The zero-order chi connectivity index (χ0) is 15.2. The summed E-state index contributed by atoms with van der Waals surface area (Å²) in [7, 11) is 0. The van der Waals surface area contributed by atoms with E-state index in [0.717, 1.165) is 43.9 Å². The molecule has 1 aromatic rings. The quantitative estimate of drug-likeness (QED) is 0.645. The van der Waals surface area contributed by atoms with Crippen LogP contribution >= 0.6 is 11.6 Å². The minimum atomic E-state index is -2.97. The van der Waals surface area contributed by atoms with Crippen molar-refractivity contribution in [3.05, 3.63) is 34.3 Å². The Bertz CT molecular complexity index is 461. The van der Waals surface area contributed by atoms with Gasteiger partial charge >= 0.3 is 5.97 Å². The molecule has 1 N–H and O–H groups in total. The second-order valence-corrected chi connectivity index (χ2v) is 5.28. The molecule has 0 aliphatic rings. The zero-order valence-corrected chi connectivity index (χ0v) is 12.2. The van der Waals surface area contributed by atoms with Crippen LogP contribution < -0.4 is 0 Å². The van der Waals surface area contributed by atoms with Gasteiger partial charge < -0.3 is 5.11 Å². The van der Waals surface area contributed by atoms with Crippen LogP contribution in [0, 0.1) is 0 Å². The molecular weight excluding hydrogens is 286 g/mol. The van der Waals surface area contributed by atoms with Gasteiger partial charge in [-0.25, -0.2) is 13.6 Å². The summed E-state index contributed by atoms with van der Waals surface area (Å²) in [5, 5.41) is 8.66. The maximum Gasteiger partial charge on any atom is 0.337 e. The summed E-state index contributed by atoms with van der Waals surface area (Å²) in [6.45, 7) is 2.07. The Hall–Kier alpha value is -1.16. The van der Waals surface area contributed by atoms with E-state index in [-0.39, 0.29) is 22.6 Å². The molecule has 0 saturated carbocycles. The number of unbranched alkanes of at least 4 members (excludes halogenated alkanes) is 4. The van der Waals surface area contributed by atoms with Gasteiger partial charge in [0.15, 0.2) is 0 Å². The van der Waals surface area contributed by atoms with E-state index in [1.807, 2.05) is 0 Å². The Balaban J connectivity index is 2.67. The van der Waals surface area contributed by atoms with Crippen molar-refractivity contribution >= 4 is 17.6 Å². The molecule has 0 aliphatic heterocycles. The van der Waals surface area contributed by atoms with Crippen LogP contribution in [0.4, 0.5) is 8.78 Å². The van der Waals surface area contributed by atoms with E-state index in [0.29, 0.717) is 6.42 Å². The summed E-state index contributed by atoms with van der Waals surface area (Å²) in [5.41, 5.74) is -0.378. The normalized spacial score (nSPS) is 11.6. The van der Waals surface area contributed by atoms with Crippen LogP contribution in [0.15, 0.2) is 18.2 Å². The van der Waals surface area contributed by atoms with Crippen molar-refractivity contribution < 1.29 is 18.7 Å². The summed E-state index contributed by atoms with van der Waals surface area (Å²) < 4.78 is 27.9. The van der Waals surface area contributed by atoms with E-state index in [1.54, 1.807) is 0 Å². The Labute approximate surface area is 122 Å². The average molecular weight is 305 g/mol. The molecule has 20 heavy (non-hydrogen) atoms. The van der Waals surface area contributed by atoms with Gasteiger partial charge in [0.25, 0.3) is 5.92 Å². The molecule has 0 radical (unpaired) electrons. The number of alkyl halides is 2. The molecule has 0 bridgehead atoms. The molecule has 0 unspecified atom stereocenters. The lowest BCUT2D eigenvalue weighted by Crippen LogP contribution is -2.14. The minimum absolute atomic E-state index is 0.152. The molecule has 0 heterocycles. The minimum Gasteiger partial charge on any atom is -0.478 e. The van der Waals surface area contributed by atoms with E-state index >= 15 is 0 Å². The molecule has 1 rings (SSSR count). The fourth-order valence-electron chi connectivity index (χ4n) is 2.01. The van der Waals surface area contributed by atoms with Gasteiger partial charge in [0.2, 0.25) is 0 Å². The van der Waals surface area contributed by atoms with E-state index in [4.69, 9.17) is 16.7 Å². The predicted molar refractivity (Wildman–Crippen MR) is 75.7 cm³/mol. The van der Waals surface area contributed by atoms with Gasteiger partial charge in [-0.05, 0) is 18.6 Å². The van der Waals surface area contributed by atoms with Crippen LogP contribution in [0.25, 0.3) is 0 Å². The molecule has 2 nitrogen and oxygen atoms in total. The number of carboxylic acids is 1. The highest BCUT2D eigenvalue weighted by Gasteiger charge is 2.31. The molecule has 0 amide bonds. The first kappa shape index (κ1) is 16.9. The molecule has 0 saturated heterocycles. The van der Waals surface area contributed by atoms with Crippen molar-refractivity contribution in [3.8, 4) is 0 Å². The monoisotopic (exact) mass is 304 g/mol. The number of halogens is 3. The van der Waals surface area contributed by atoms with Crippen molar-refractivity contribution in [1.82, 2.24) is 0 Å². The standard InChI is InChI=1S/C15H19ClF2O2/c1-2-3-4-5-6-9-15(17,18)11-7-8-12(14(19)20)13(16)10-11/h7-8,10H,2-6,9H2,1H3,(H,19,20). The largest absolute Gasteiger partial charge is 0.478 e. The van der Waals surface area contributed by atoms with Crippen molar-refractivity contribution in [1.29, 1.82) is 0 Å². The highest BCUT2D eigenvalue weighted by molar-refractivity contribution is 6.33. The van der Waals surface area contributed by atoms with Crippen molar-refractivity contribution in [3.63, 3.8) is 0 Å². The van der Waals surface area contributed by atoms with Crippen LogP contribution in [-0.2, 0) is 5.92 Å². The van der Waals surface area contributed by atoms with Crippen LogP contribution in [0.5, 0.6) is 0 Å². The molecule has 0 spiro atoms. The van der Waals surface area contributed by atoms with Crippen molar-refractivity contribution in [2.45, 2.75) is 51.4 Å². The fourth-order valence-corrected chi connectivity index (χ4v) is 2.27.